The van der Waals surface area contributed by atoms with E-state index in [4.69, 9.17) is 0 Å². The van der Waals surface area contributed by atoms with Crippen LogP contribution in [0.1, 0.15) is 5.56 Å². The highest BCUT2D eigenvalue weighted by Crippen LogP contribution is 2.28. The molecule has 0 spiro atoms. The highest BCUT2D eigenvalue weighted by molar-refractivity contribution is 6.29. The lowest BCUT2D eigenvalue weighted by atomic mass is 10.00. The predicted molar refractivity (Wildman–Crippen MR) is 109 cm³/mol. The molecule has 0 saturated carbocycles. The first-order chi connectivity index (χ1) is 13.3. The molecule has 4 amide bonds. The number of anilines is 3. The number of hydrogen-bond acceptors (Lipinski definition) is 5. The van der Waals surface area contributed by atoms with Crippen LogP contribution >= 0.6 is 0 Å². The number of aryl methyl sites for hydroxylation is 1. The van der Waals surface area contributed by atoms with E-state index in [1.807, 2.05) is 49.3 Å². The molecule has 3 rings (SSSR count). The molecule has 1 atom stereocenters. The molecule has 0 aliphatic carbocycles. The summed E-state index contributed by atoms with van der Waals surface area (Å²) >= 11 is 0. The molecule has 1 heterocycles. The van der Waals surface area contributed by atoms with Crippen LogP contribution in [0.4, 0.5) is 21.9 Å². The third-order valence-electron chi connectivity index (χ3n) is 4.54. The lowest BCUT2D eigenvalue weighted by Gasteiger charge is -2.32. The maximum absolute atomic E-state index is 13.0. The summed E-state index contributed by atoms with van der Waals surface area (Å²) in [5.41, 5.74) is 3.02. The number of carbonyl (C=O) groups excluding carboxylic acids is 3. The second-order valence-electron chi connectivity index (χ2n) is 6.78. The minimum absolute atomic E-state index is 0.199. The summed E-state index contributed by atoms with van der Waals surface area (Å²) in [5.74, 6) is -2.55. The Hall–Kier alpha value is -3.61. The summed E-state index contributed by atoms with van der Waals surface area (Å²) in [5, 5.41) is 5.28. The number of imide groups is 2. The minimum Gasteiger partial charge on any atom is -0.378 e. The van der Waals surface area contributed by atoms with E-state index in [1.54, 1.807) is 25.1 Å². The number of para-hydroxylation sites is 1. The van der Waals surface area contributed by atoms with Gasteiger partial charge in [-0.3, -0.25) is 14.9 Å². The molecule has 0 unspecified atom stereocenters. The van der Waals surface area contributed by atoms with Crippen LogP contribution in [-0.4, -0.2) is 31.9 Å². The van der Waals surface area contributed by atoms with Crippen molar-refractivity contribution in [3.8, 4) is 0 Å². The second kappa shape index (κ2) is 7.56. The lowest BCUT2D eigenvalue weighted by molar-refractivity contribution is -0.132. The average molecular weight is 378 g/mol. The van der Waals surface area contributed by atoms with Crippen molar-refractivity contribution in [1.82, 2.24) is 5.32 Å². The van der Waals surface area contributed by atoms with E-state index in [9.17, 15) is 14.4 Å². The molecule has 7 nitrogen and oxygen atoms in total. The maximum Gasteiger partial charge on any atom is 0.335 e. The number of hydrogen-bond donors (Lipinski definition) is 2. The van der Waals surface area contributed by atoms with Gasteiger partial charge in [-0.05, 0) is 36.8 Å². The molecule has 1 aliphatic heterocycles. The first kappa shape index (κ1) is 19.2. The molecule has 2 N–H and O–H groups in total. The summed E-state index contributed by atoms with van der Waals surface area (Å²) < 4.78 is 0. The van der Waals surface area contributed by atoms with E-state index in [0.717, 1.165) is 16.2 Å². The zero-order chi connectivity index (χ0) is 20.4. The van der Waals surface area contributed by atoms with Gasteiger partial charge in [0.05, 0.1) is 5.69 Å². The summed E-state index contributed by atoms with van der Waals surface area (Å²) in [7, 11) is 3.83. The van der Waals surface area contributed by atoms with Gasteiger partial charge in [0, 0.05) is 31.2 Å². The van der Waals surface area contributed by atoms with E-state index in [1.165, 1.54) is 0 Å². The van der Waals surface area contributed by atoms with Crippen LogP contribution < -0.4 is 20.4 Å². The van der Waals surface area contributed by atoms with Crippen molar-refractivity contribution < 1.29 is 14.4 Å². The Morgan fingerprint density at radius 2 is 1.82 bits per heavy atom. The standard InChI is InChI=1S/C21H22N4O3/c1-13-8-5-6-11-17(13)25-20(27)18(19(26)23-21(25)28)14(2)22-15-9-7-10-16(12-15)24(3)4/h5-12,18,22H,2H2,1,3-4H3,(H,23,26,28)/t18-/m1/s1. The smallest absolute Gasteiger partial charge is 0.335 e. The summed E-state index contributed by atoms with van der Waals surface area (Å²) in [4.78, 5) is 40.7. The number of barbiturate groups is 1. The fraction of sp³-hybridized carbons (Fsp3) is 0.190. The zero-order valence-electron chi connectivity index (χ0n) is 16.0. The Kier molecular flexibility index (Phi) is 5.17. The van der Waals surface area contributed by atoms with Crippen LogP contribution in [0.5, 0.6) is 0 Å². The van der Waals surface area contributed by atoms with Gasteiger partial charge >= 0.3 is 6.03 Å². The van der Waals surface area contributed by atoms with Crippen molar-refractivity contribution in [3.63, 3.8) is 0 Å². The van der Waals surface area contributed by atoms with Crippen LogP contribution in [-0.2, 0) is 9.59 Å². The number of benzene rings is 2. The number of rotatable bonds is 5. The van der Waals surface area contributed by atoms with E-state index >= 15 is 0 Å². The van der Waals surface area contributed by atoms with Crippen molar-refractivity contribution in [2.75, 3.05) is 29.2 Å². The molecular weight excluding hydrogens is 356 g/mol. The molecule has 0 bridgehead atoms. The summed E-state index contributed by atoms with van der Waals surface area (Å²) in [6.45, 7) is 5.67. The summed E-state index contributed by atoms with van der Waals surface area (Å²) in [6.07, 6.45) is 0. The number of carbonyl (C=O) groups is 3. The molecule has 1 saturated heterocycles. The number of nitrogens with zero attached hydrogens (tertiary/aromatic N) is 2. The van der Waals surface area contributed by atoms with Crippen LogP contribution in [0.2, 0.25) is 0 Å². The fourth-order valence-corrected chi connectivity index (χ4v) is 3.04. The van der Waals surface area contributed by atoms with Crippen molar-refractivity contribution in [2.45, 2.75) is 6.92 Å². The highest BCUT2D eigenvalue weighted by atomic mass is 16.2. The van der Waals surface area contributed by atoms with Crippen molar-refractivity contribution in [3.05, 3.63) is 66.4 Å². The monoisotopic (exact) mass is 378 g/mol. The molecule has 144 valence electrons. The molecule has 2 aromatic rings. The molecular formula is C21H22N4O3. The summed E-state index contributed by atoms with van der Waals surface area (Å²) in [6, 6.07) is 13.7. The largest absolute Gasteiger partial charge is 0.378 e. The van der Waals surface area contributed by atoms with Crippen molar-refractivity contribution in [1.29, 1.82) is 0 Å². The number of nitrogens with one attached hydrogen (secondary N) is 2. The van der Waals surface area contributed by atoms with Crippen LogP contribution in [0, 0.1) is 12.8 Å². The Morgan fingerprint density at radius 1 is 1.11 bits per heavy atom. The second-order valence-corrected chi connectivity index (χ2v) is 6.78. The van der Waals surface area contributed by atoms with Gasteiger partial charge in [0.1, 0.15) is 0 Å². The normalized spacial score (nSPS) is 16.6. The lowest BCUT2D eigenvalue weighted by Crippen LogP contribution is -2.59. The molecule has 0 aromatic heterocycles. The number of urea groups is 1. The van der Waals surface area contributed by atoms with Crippen molar-refractivity contribution in [2.24, 2.45) is 5.92 Å². The van der Waals surface area contributed by atoms with Crippen LogP contribution in [0.3, 0.4) is 0 Å². The number of amides is 4. The van der Waals surface area contributed by atoms with Gasteiger partial charge in [-0.15, -0.1) is 0 Å². The topological polar surface area (TPSA) is 81.8 Å². The molecule has 0 radical (unpaired) electrons. The molecule has 1 aliphatic rings. The average Bonchev–Trinajstić information content (AvgIpc) is 2.63. The zero-order valence-corrected chi connectivity index (χ0v) is 16.0. The van der Waals surface area contributed by atoms with Crippen molar-refractivity contribution >= 4 is 34.9 Å². The van der Waals surface area contributed by atoms with Gasteiger partial charge in [0.25, 0.3) is 5.91 Å². The fourth-order valence-electron chi connectivity index (χ4n) is 3.04. The van der Waals surface area contributed by atoms with Gasteiger partial charge in [-0.25, -0.2) is 9.69 Å². The van der Waals surface area contributed by atoms with E-state index in [2.05, 4.69) is 17.2 Å². The molecule has 28 heavy (non-hydrogen) atoms. The van der Waals surface area contributed by atoms with E-state index in [-0.39, 0.29) is 5.70 Å². The predicted octanol–water partition coefficient (Wildman–Crippen LogP) is 2.89. The third-order valence-corrected chi connectivity index (χ3v) is 4.54. The van der Waals surface area contributed by atoms with Gasteiger partial charge in [-0.1, -0.05) is 30.8 Å². The quantitative estimate of drug-likeness (QED) is 0.782. The van der Waals surface area contributed by atoms with Gasteiger partial charge in [0.2, 0.25) is 5.91 Å². The van der Waals surface area contributed by atoms with Gasteiger partial charge in [0.15, 0.2) is 5.92 Å². The first-order valence-corrected chi connectivity index (χ1v) is 8.77. The van der Waals surface area contributed by atoms with Crippen LogP contribution in [0.15, 0.2) is 60.8 Å². The third kappa shape index (κ3) is 3.59. The molecule has 2 aromatic carbocycles. The maximum atomic E-state index is 13.0. The Balaban J connectivity index is 1.88. The Bertz CT molecular complexity index is 968. The Labute approximate surface area is 163 Å². The highest BCUT2D eigenvalue weighted by Gasteiger charge is 2.43. The SMILES string of the molecule is C=C(Nc1cccc(N(C)C)c1)[C@@H]1C(=O)NC(=O)N(c2ccccc2C)C1=O. The van der Waals surface area contributed by atoms with Gasteiger partial charge in [-0.2, -0.15) is 0 Å². The van der Waals surface area contributed by atoms with Gasteiger partial charge < -0.3 is 10.2 Å². The molecule has 7 heteroatoms. The molecule has 1 fully saturated rings. The first-order valence-electron chi connectivity index (χ1n) is 8.77. The van der Waals surface area contributed by atoms with E-state index < -0.39 is 23.8 Å². The van der Waals surface area contributed by atoms with Crippen LogP contribution in [0.25, 0.3) is 0 Å². The minimum atomic E-state index is -1.22. The Morgan fingerprint density at radius 3 is 2.50 bits per heavy atom. The van der Waals surface area contributed by atoms with E-state index in [0.29, 0.717) is 11.4 Å².